The van der Waals surface area contributed by atoms with Gasteiger partial charge in [-0.05, 0) is 30.3 Å². The first kappa shape index (κ1) is 12.5. The number of rotatable bonds is 3. The van der Waals surface area contributed by atoms with E-state index in [9.17, 15) is 13.6 Å². The van der Waals surface area contributed by atoms with Gasteiger partial charge in [0.2, 0.25) is 0 Å². The summed E-state index contributed by atoms with van der Waals surface area (Å²) in [6.07, 6.45) is 0.507. The molecule has 0 fully saturated rings. The molecule has 2 rings (SSSR count). The fourth-order valence-corrected chi connectivity index (χ4v) is 1.52. The van der Waals surface area contributed by atoms with Crippen molar-refractivity contribution in [2.75, 3.05) is 0 Å². The summed E-state index contributed by atoms with van der Waals surface area (Å²) < 4.78 is 32.1. The van der Waals surface area contributed by atoms with Crippen LogP contribution in [0.2, 0.25) is 5.02 Å². The second-order valence-corrected chi connectivity index (χ2v) is 3.87. The van der Waals surface area contributed by atoms with Crippen LogP contribution in [0.15, 0.2) is 36.4 Å². The highest BCUT2D eigenvalue weighted by molar-refractivity contribution is 6.30. The normalized spacial score (nSPS) is 10.2. The highest BCUT2D eigenvalue weighted by atomic mass is 35.5. The minimum atomic E-state index is -0.766. The first-order valence-electron chi connectivity index (χ1n) is 4.98. The second-order valence-electron chi connectivity index (χ2n) is 3.46. The van der Waals surface area contributed by atoms with Gasteiger partial charge in [0.25, 0.3) is 0 Å². The molecule has 0 heterocycles. The Labute approximate surface area is 107 Å². The molecule has 18 heavy (non-hydrogen) atoms. The molecule has 0 aromatic heterocycles. The van der Waals surface area contributed by atoms with E-state index in [0.717, 1.165) is 6.07 Å². The van der Waals surface area contributed by atoms with E-state index in [-0.39, 0.29) is 22.1 Å². The highest BCUT2D eigenvalue weighted by Crippen LogP contribution is 2.30. The summed E-state index contributed by atoms with van der Waals surface area (Å²) in [5, 5.41) is -0.114. The van der Waals surface area contributed by atoms with E-state index < -0.39 is 11.6 Å². The number of hydrogen-bond donors (Lipinski definition) is 0. The van der Waals surface area contributed by atoms with Gasteiger partial charge in [0.15, 0.2) is 23.1 Å². The summed E-state index contributed by atoms with van der Waals surface area (Å²) in [6, 6.07) is 7.79. The number of carbonyl (C=O) groups is 1. The van der Waals surface area contributed by atoms with Crippen molar-refractivity contribution < 1.29 is 18.3 Å². The van der Waals surface area contributed by atoms with E-state index in [1.807, 2.05) is 0 Å². The molecule has 0 aliphatic heterocycles. The fourth-order valence-electron chi connectivity index (χ4n) is 1.35. The number of ether oxygens (including phenoxy) is 1. The minimum absolute atomic E-state index is 0.114. The van der Waals surface area contributed by atoms with Gasteiger partial charge in [0.05, 0.1) is 5.02 Å². The second kappa shape index (κ2) is 5.14. The molecular weight excluding hydrogens is 262 g/mol. The van der Waals surface area contributed by atoms with Crippen LogP contribution in [0.5, 0.6) is 11.5 Å². The number of halogens is 3. The number of benzene rings is 2. The predicted octanol–water partition coefficient (Wildman–Crippen LogP) is 4.22. The van der Waals surface area contributed by atoms with E-state index in [0.29, 0.717) is 6.29 Å². The lowest BCUT2D eigenvalue weighted by molar-refractivity contribution is 0.112. The predicted molar refractivity (Wildman–Crippen MR) is 63.3 cm³/mol. The smallest absolute Gasteiger partial charge is 0.184 e. The van der Waals surface area contributed by atoms with Gasteiger partial charge in [-0.15, -0.1) is 0 Å². The van der Waals surface area contributed by atoms with Crippen molar-refractivity contribution >= 4 is 17.9 Å². The third kappa shape index (κ3) is 2.49. The fraction of sp³-hybridized carbons (Fsp3) is 0. The minimum Gasteiger partial charge on any atom is -0.451 e. The lowest BCUT2D eigenvalue weighted by Crippen LogP contribution is -1.93. The van der Waals surface area contributed by atoms with Gasteiger partial charge in [0, 0.05) is 5.56 Å². The zero-order valence-electron chi connectivity index (χ0n) is 8.99. The van der Waals surface area contributed by atoms with Crippen molar-refractivity contribution in [1.82, 2.24) is 0 Å². The molecule has 0 amide bonds. The largest absolute Gasteiger partial charge is 0.451 e. The van der Waals surface area contributed by atoms with Gasteiger partial charge in [0.1, 0.15) is 6.29 Å². The Balaban J connectivity index is 2.34. The van der Waals surface area contributed by atoms with Gasteiger partial charge < -0.3 is 4.74 Å². The molecule has 0 saturated heterocycles. The van der Waals surface area contributed by atoms with Crippen LogP contribution in [0, 0.1) is 11.6 Å². The molecule has 5 heteroatoms. The molecule has 0 aliphatic rings. The zero-order valence-corrected chi connectivity index (χ0v) is 9.75. The molecule has 2 nitrogen and oxygen atoms in total. The number of aldehydes is 1. The molecule has 0 bridgehead atoms. The Morgan fingerprint density at radius 2 is 1.89 bits per heavy atom. The summed E-state index contributed by atoms with van der Waals surface area (Å²) in [7, 11) is 0. The average molecular weight is 269 g/mol. The van der Waals surface area contributed by atoms with Gasteiger partial charge >= 0.3 is 0 Å². The lowest BCUT2D eigenvalue weighted by Gasteiger charge is -2.08. The summed E-state index contributed by atoms with van der Waals surface area (Å²) in [5.74, 6) is -1.88. The van der Waals surface area contributed by atoms with E-state index in [1.165, 1.54) is 30.3 Å². The van der Waals surface area contributed by atoms with Crippen LogP contribution < -0.4 is 4.74 Å². The Morgan fingerprint density at radius 1 is 1.11 bits per heavy atom. The Bertz CT molecular complexity index is 600. The topological polar surface area (TPSA) is 26.3 Å². The van der Waals surface area contributed by atoms with E-state index in [4.69, 9.17) is 16.3 Å². The quantitative estimate of drug-likeness (QED) is 0.779. The van der Waals surface area contributed by atoms with E-state index in [2.05, 4.69) is 0 Å². The van der Waals surface area contributed by atoms with Crippen molar-refractivity contribution in [2.24, 2.45) is 0 Å². The van der Waals surface area contributed by atoms with Crippen molar-refractivity contribution in [3.8, 4) is 11.5 Å². The first-order chi connectivity index (χ1) is 8.61. The molecule has 0 spiro atoms. The van der Waals surface area contributed by atoms with Gasteiger partial charge in [-0.1, -0.05) is 17.7 Å². The average Bonchev–Trinajstić information content (AvgIpc) is 2.37. The SMILES string of the molecule is O=Cc1ccc(Oc2cccc(Cl)c2F)c(F)c1. The highest BCUT2D eigenvalue weighted by Gasteiger charge is 2.11. The molecule has 0 N–H and O–H groups in total. The Hall–Kier alpha value is -1.94. The standard InChI is InChI=1S/C13H7ClF2O2/c14-9-2-1-3-12(13(9)16)18-11-5-4-8(7-17)6-10(11)15/h1-7H. The van der Waals surface area contributed by atoms with Gasteiger partial charge in [-0.3, -0.25) is 4.79 Å². The van der Waals surface area contributed by atoms with E-state index in [1.54, 1.807) is 0 Å². The Kier molecular flexibility index (Phi) is 3.58. The van der Waals surface area contributed by atoms with Crippen LogP contribution in [0.3, 0.4) is 0 Å². The molecule has 0 unspecified atom stereocenters. The van der Waals surface area contributed by atoms with Crippen LogP contribution in [0.25, 0.3) is 0 Å². The maximum absolute atomic E-state index is 13.5. The van der Waals surface area contributed by atoms with Crippen molar-refractivity contribution in [2.45, 2.75) is 0 Å². The van der Waals surface area contributed by atoms with Crippen LogP contribution >= 0.6 is 11.6 Å². The van der Waals surface area contributed by atoms with E-state index >= 15 is 0 Å². The van der Waals surface area contributed by atoms with Crippen molar-refractivity contribution in [1.29, 1.82) is 0 Å². The third-order valence-corrected chi connectivity index (χ3v) is 2.52. The molecule has 0 radical (unpaired) electrons. The van der Waals surface area contributed by atoms with Crippen molar-refractivity contribution in [3.05, 3.63) is 58.6 Å². The summed E-state index contributed by atoms with van der Waals surface area (Å²) in [5.41, 5.74) is 0.173. The third-order valence-electron chi connectivity index (χ3n) is 2.23. The molecule has 2 aromatic rings. The Morgan fingerprint density at radius 3 is 2.56 bits per heavy atom. The first-order valence-corrected chi connectivity index (χ1v) is 5.36. The maximum Gasteiger partial charge on any atom is 0.184 e. The van der Waals surface area contributed by atoms with Gasteiger partial charge in [-0.2, -0.15) is 0 Å². The molecule has 0 atom stereocenters. The number of carbonyl (C=O) groups excluding carboxylic acids is 1. The molecule has 2 aromatic carbocycles. The molecule has 92 valence electrons. The molecule has 0 saturated carbocycles. The molecule has 0 aliphatic carbocycles. The van der Waals surface area contributed by atoms with Gasteiger partial charge in [-0.25, -0.2) is 8.78 Å². The summed E-state index contributed by atoms with van der Waals surface area (Å²) in [6.45, 7) is 0. The lowest BCUT2D eigenvalue weighted by atomic mass is 10.2. The number of hydrogen-bond acceptors (Lipinski definition) is 2. The zero-order chi connectivity index (χ0) is 13.1. The maximum atomic E-state index is 13.5. The molecular formula is C13H7ClF2O2. The van der Waals surface area contributed by atoms with Crippen LogP contribution in [-0.4, -0.2) is 6.29 Å². The van der Waals surface area contributed by atoms with Crippen molar-refractivity contribution in [3.63, 3.8) is 0 Å². The van der Waals surface area contributed by atoms with Crippen LogP contribution in [0.1, 0.15) is 10.4 Å². The monoisotopic (exact) mass is 268 g/mol. The van der Waals surface area contributed by atoms with Crippen LogP contribution in [0.4, 0.5) is 8.78 Å². The van der Waals surface area contributed by atoms with Crippen LogP contribution in [-0.2, 0) is 0 Å². The summed E-state index contributed by atoms with van der Waals surface area (Å²) in [4.78, 5) is 10.4. The summed E-state index contributed by atoms with van der Waals surface area (Å²) >= 11 is 5.57.